The van der Waals surface area contributed by atoms with Crippen LogP contribution in [-0.2, 0) is 13.2 Å². The topological polar surface area (TPSA) is 92.8 Å². The third-order valence-electron chi connectivity index (χ3n) is 2.27. The van der Waals surface area contributed by atoms with Gasteiger partial charge in [-0.2, -0.15) is 0 Å². The summed E-state index contributed by atoms with van der Waals surface area (Å²) in [5.74, 6) is -0.212. The number of aromatic carboxylic acids is 1. The zero-order chi connectivity index (χ0) is 13.0. The lowest BCUT2D eigenvalue weighted by molar-refractivity contribution is 0.0685. The van der Waals surface area contributed by atoms with Gasteiger partial charge >= 0.3 is 5.97 Å². The summed E-state index contributed by atoms with van der Waals surface area (Å²) in [6.45, 7) is 0.0725. The number of aliphatic hydroxyl groups is 1. The average Bonchev–Trinajstić information content (AvgIpc) is 2.86. The Kier molecular flexibility index (Phi) is 3.59. The fourth-order valence-corrected chi connectivity index (χ4v) is 1.33. The Morgan fingerprint density at radius 2 is 2.06 bits per heavy atom. The van der Waals surface area contributed by atoms with Gasteiger partial charge in [-0.15, -0.1) is 0 Å². The fraction of sp³-hybridized carbons (Fsp3) is 0.167. The first kappa shape index (κ1) is 12.1. The third-order valence-corrected chi connectivity index (χ3v) is 2.27. The molecule has 0 aliphatic rings. The molecule has 2 rings (SSSR count). The maximum Gasteiger partial charge on any atom is 0.358 e. The van der Waals surface area contributed by atoms with Crippen LogP contribution in [0.1, 0.15) is 21.8 Å². The van der Waals surface area contributed by atoms with Crippen LogP contribution >= 0.6 is 0 Å². The number of aliphatic hydroxyl groups excluding tert-OH is 1. The number of ether oxygens (including phenoxy) is 1. The molecule has 0 spiro atoms. The minimum atomic E-state index is -1.14. The van der Waals surface area contributed by atoms with Crippen molar-refractivity contribution in [1.29, 1.82) is 0 Å². The number of rotatable bonds is 5. The Balaban J connectivity index is 1.95. The molecular weight excluding hydrogens is 238 g/mol. The predicted octanol–water partition coefficient (Wildman–Crippen LogP) is 1.44. The molecule has 1 heterocycles. The largest absolute Gasteiger partial charge is 0.486 e. The van der Waals surface area contributed by atoms with Crippen LogP contribution in [0.5, 0.6) is 5.75 Å². The van der Waals surface area contributed by atoms with E-state index in [1.807, 2.05) is 0 Å². The van der Waals surface area contributed by atoms with Gasteiger partial charge in [0.1, 0.15) is 12.4 Å². The summed E-state index contributed by atoms with van der Waals surface area (Å²) in [7, 11) is 0. The first-order chi connectivity index (χ1) is 8.69. The molecule has 0 radical (unpaired) electrons. The van der Waals surface area contributed by atoms with Gasteiger partial charge in [0.15, 0.2) is 11.5 Å². The van der Waals surface area contributed by atoms with Crippen molar-refractivity contribution in [3.05, 3.63) is 47.3 Å². The second-order valence-corrected chi connectivity index (χ2v) is 3.57. The van der Waals surface area contributed by atoms with Crippen molar-refractivity contribution in [2.45, 2.75) is 13.2 Å². The van der Waals surface area contributed by atoms with Gasteiger partial charge < -0.3 is 19.5 Å². The smallest absolute Gasteiger partial charge is 0.358 e. The van der Waals surface area contributed by atoms with Crippen LogP contribution in [0.15, 0.2) is 34.9 Å². The number of aromatic nitrogens is 1. The van der Waals surface area contributed by atoms with E-state index in [1.54, 1.807) is 24.3 Å². The van der Waals surface area contributed by atoms with Gasteiger partial charge in [-0.25, -0.2) is 4.79 Å². The Morgan fingerprint density at radius 3 is 2.61 bits per heavy atom. The van der Waals surface area contributed by atoms with Gasteiger partial charge in [0.2, 0.25) is 0 Å². The van der Waals surface area contributed by atoms with Crippen molar-refractivity contribution >= 4 is 5.97 Å². The molecule has 0 aliphatic heterocycles. The van der Waals surface area contributed by atoms with Gasteiger partial charge in [0.05, 0.1) is 6.61 Å². The summed E-state index contributed by atoms with van der Waals surface area (Å²) in [6.07, 6.45) is 0. The molecule has 1 aromatic heterocycles. The highest BCUT2D eigenvalue weighted by molar-refractivity contribution is 5.85. The normalized spacial score (nSPS) is 10.3. The molecule has 6 heteroatoms. The third kappa shape index (κ3) is 2.86. The number of hydrogen-bond acceptors (Lipinski definition) is 5. The lowest BCUT2D eigenvalue weighted by Crippen LogP contribution is -1.96. The minimum absolute atomic E-state index is 0.0235. The monoisotopic (exact) mass is 249 g/mol. The van der Waals surface area contributed by atoms with Crippen molar-refractivity contribution in [1.82, 2.24) is 5.16 Å². The van der Waals surface area contributed by atoms with Crippen molar-refractivity contribution < 1.29 is 24.3 Å². The van der Waals surface area contributed by atoms with Crippen molar-refractivity contribution in [2.24, 2.45) is 0 Å². The number of carboxylic acid groups (broad SMARTS) is 1. The maximum atomic E-state index is 10.6. The lowest BCUT2D eigenvalue weighted by Gasteiger charge is -2.03. The molecule has 0 fully saturated rings. The summed E-state index contributed by atoms with van der Waals surface area (Å²) >= 11 is 0. The molecule has 6 nitrogen and oxygen atoms in total. The molecule has 1 aromatic carbocycles. The van der Waals surface area contributed by atoms with E-state index in [1.165, 1.54) is 6.07 Å². The molecule has 0 saturated carbocycles. The fourth-order valence-electron chi connectivity index (χ4n) is 1.33. The standard InChI is InChI=1S/C12H11NO5/c14-6-8-1-3-9(4-2-8)17-7-10-5-11(12(15)16)13-18-10/h1-5,14H,6-7H2,(H,15,16). The molecule has 0 amide bonds. The van der Waals surface area contributed by atoms with E-state index in [4.69, 9.17) is 19.5 Å². The zero-order valence-corrected chi connectivity index (χ0v) is 9.37. The van der Waals surface area contributed by atoms with Gasteiger partial charge in [-0.1, -0.05) is 17.3 Å². The number of hydrogen-bond donors (Lipinski definition) is 2. The highest BCUT2D eigenvalue weighted by atomic mass is 16.5. The summed E-state index contributed by atoms with van der Waals surface area (Å²) in [6, 6.07) is 8.20. The second kappa shape index (κ2) is 5.33. The summed E-state index contributed by atoms with van der Waals surface area (Å²) in [4.78, 5) is 10.6. The Bertz CT molecular complexity index is 532. The van der Waals surface area contributed by atoms with Crippen LogP contribution < -0.4 is 4.74 Å². The van der Waals surface area contributed by atoms with E-state index < -0.39 is 5.97 Å². The van der Waals surface area contributed by atoms with E-state index >= 15 is 0 Å². The number of benzene rings is 1. The Morgan fingerprint density at radius 1 is 1.33 bits per heavy atom. The van der Waals surface area contributed by atoms with Gasteiger partial charge in [-0.3, -0.25) is 0 Å². The van der Waals surface area contributed by atoms with E-state index in [0.717, 1.165) is 5.56 Å². The van der Waals surface area contributed by atoms with Gasteiger partial charge in [0.25, 0.3) is 0 Å². The predicted molar refractivity (Wildman–Crippen MR) is 60.2 cm³/mol. The Hall–Kier alpha value is -2.34. The highest BCUT2D eigenvalue weighted by Gasteiger charge is 2.10. The van der Waals surface area contributed by atoms with Gasteiger partial charge in [-0.05, 0) is 17.7 Å². The average molecular weight is 249 g/mol. The van der Waals surface area contributed by atoms with Crippen molar-refractivity contribution in [2.75, 3.05) is 0 Å². The number of carboxylic acids is 1. The molecule has 2 N–H and O–H groups in total. The molecule has 18 heavy (non-hydrogen) atoms. The molecular formula is C12H11NO5. The highest BCUT2D eigenvalue weighted by Crippen LogP contribution is 2.14. The van der Waals surface area contributed by atoms with Crippen LogP contribution in [0.3, 0.4) is 0 Å². The number of nitrogens with zero attached hydrogens (tertiary/aromatic N) is 1. The van der Waals surface area contributed by atoms with E-state index in [9.17, 15) is 4.79 Å². The zero-order valence-electron chi connectivity index (χ0n) is 9.37. The summed E-state index contributed by atoms with van der Waals surface area (Å²) < 4.78 is 10.2. The first-order valence-electron chi connectivity index (χ1n) is 5.20. The quantitative estimate of drug-likeness (QED) is 0.832. The van der Waals surface area contributed by atoms with Gasteiger partial charge in [0, 0.05) is 6.07 Å². The molecule has 0 atom stereocenters. The maximum absolute atomic E-state index is 10.6. The van der Waals surface area contributed by atoms with Crippen LogP contribution in [-0.4, -0.2) is 21.3 Å². The molecule has 0 unspecified atom stereocenters. The van der Waals surface area contributed by atoms with Crippen LogP contribution in [0.4, 0.5) is 0 Å². The SMILES string of the molecule is O=C(O)c1cc(COc2ccc(CO)cc2)on1. The van der Waals surface area contributed by atoms with Crippen LogP contribution in [0.2, 0.25) is 0 Å². The van der Waals surface area contributed by atoms with Crippen molar-refractivity contribution in [3.63, 3.8) is 0 Å². The van der Waals surface area contributed by atoms with Crippen LogP contribution in [0, 0.1) is 0 Å². The van der Waals surface area contributed by atoms with E-state index in [2.05, 4.69) is 5.16 Å². The number of carbonyl (C=O) groups is 1. The molecule has 0 aliphatic carbocycles. The molecule has 0 saturated heterocycles. The molecule has 2 aromatic rings. The van der Waals surface area contributed by atoms with E-state index in [-0.39, 0.29) is 18.9 Å². The second-order valence-electron chi connectivity index (χ2n) is 3.57. The Labute approximate surface area is 102 Å². The first-order valence-corrected chi connectivity index (χ1v) is 5.20. The van der Waals surface area contributed by atoms with Crippen molar-refractivity contribution in [3.8, 4) is 5.75 Å². The summed E-state index contributed by atoms with van der Waals surface area (Å²) in [5, 5.41) is 20.9. The summed E-state index contributed by atoms with van der Waals surface area (Å²) in [5.41, 5.74) is 0.638. The van der Waals surface area contributed by atoms with E-state index in [0.29, 0.717) is 11.5 Å². The minimum Gasteiger partial charge on any atom is -0.486 e. The lowest BCUT2D eigenvalue weighted by atomic mass is 10.2. The van der Waals surface area contributed by atoms with Crippen LogP contribution in [0.25, 0.3) is 0 Å². The molecule has 0 bridgehead atoms. The molecule has 94 valence electrons.